The number of nitrogens with one attached hydrogen (secondary N) is 1. The number of hydrogen-bond donors (Lipinski definition) is 3. The second kappa shape index (κ2) is 7.03. The number of esters is 1. The van der Waals surface area contributed by atoms with Gasteiger partial charge in [0.15, 0.2) is 17.0 Å². The third kappa shape index (κ3) is 3.36. The molecule has 2 saturated carbocycles. The first-order valence-electron chi connectivity index (χ1n) is 9.79. The number of aliphatic hydroxyl groups is 2. The zero-order valence-corrected chi connectivity index (χ0v) is 16.5. The van der Waals surface area contributed by atoms with Crippen molar-refractivity contribution in [1.82, 2.24) is 19.5 Å². The van der Waals surface area contributed by atoms with Gasteiger partial charge in [0.1, 0.15) is 12.4 Å². The van der Waals surface area contributed by atoms with Gasteiger partial charge in [0, 0.05) is 26.7 Å². The van der Waals surface area contributed by atoms with Crippen molar-refractivity contribution >= 4 is 28.9 Å². The lowest BCUT2D eigenvalue weighted by atomic mass is 9.62. The summed E-state index contributed by atoms with van der Waals surface area (Å²) in [6.45, 7) is 2.70. The van der Waals surface area contributed by atoms with Gasteiger partial charge in [-0.15, -0.1) is 0 Å². The zero-order valence-electron chi connectivity index (χ0n) is 16.5. The van der Waals surface area contributed by atoms with Gasteiger partial charge in [-0.1, -0.05) is 12.8 Å². The Hall–Kier alpha value is -2.59. The van der Waals surface area contributed by atoms with Crippen LogP contribution in [0.4, 0.5) is 5.82 Å². The second-order valence-electron chi connectivity index (χ2n) is 8.12. The Balaban J connectivity index is 1.77. The molecule has 0 radical (unpaired) electrons. The highest BCUT2D eigenvalue weighted by Crippen LogP contribution is 2.51. The Morgan fingerprint density at radius 1 is 1.14 bits per heavy atom. The number of carbonyl (C=O) groups excluding carboxylic acids is 2. The van der Waals surface area contributed by atoms with Crippen LogP contribution in [0.3, 0.4) is 0 Å². The molecule has 10 heteroatoms. The van der Waals surface area contributed by atoms with Crippen molar-refractivity contribution in [2.24, 2.45) is 0 Å². The number of anilines is 1. The number of hydrogen-bond acceptors (Lipinski definition) is 8. The minimum atomic E-state index is -1.30. The maximum Gasteiger partial charge on any atom is 0.302 e. The van der Waals surface area contributed by atoms with E-state index in [1.54, 1.807) is 10.9 Å². The van der Waals surface area contributed by atoms with Gasteiger partial charge in [0.2, 0.25) is 5.91 Å². The van der Waals surface area contributed by atoms with E-state index in [1.807, 2.05) is 0 Å². The van der Waals surface area contributed by atoms with Crippen molar-refractivity contribution < 1.29 is 24.5 Å². The van der Waals surface area contributed by atoms with Crippen LogP contribution in [0.2, 0.25) is 0 Å². The Bertz CT molecular complexity index is 962. The van der Waals surface area contributed by atoms with Crippen LogP contribution in [-0.4, -0.2) is 58.9 Å². The van der Waals surface area contributed by atoms with Gasteiger partial charge in [-0.2, -0.15) is 0 Å². The number of imidazole rings is 1. The summed E-state index contributed by atoms with van der Waals surface area (Å²) in [7, 11) is 0. The van der Waals surface area contributed by atoms with Crippen molar-refractivity contribution in [1.29, 1.82) is 0 Å². The van der Waals surface area contributed by atoms with Gasteiger partial charge >= 0.3 is 5.97 Å². The average Bonchev–Trinajstić information content (AvgIpc) is 3.06. The number of fused-ring (bicyclic) bond motifs is 2. The van der Waals surface area contributed by atoms with Gasteiger partial charge in [-0.3, -0.25) is 9.59 Å². The fraction of sp³-hybridized carbons (Fsp3) is 0.632. The largest absolute Gasteiger partial charge is 0.460 e. The standard InChI is InChI=1S/C19H25N5O5/c1-11(25)23-16-15-17(21-9-20-16)24(10-22-15)13-7-18(27)5-3-4-6-19(18,28)8-14(13)29-12(2)26/h9-10,13-14,27-28H,3-8H2,1-2H3,(H,20,21,23,25)/t13-,14-,18+,19+/m0/s1. The number of carbonyl (C=O) groups is 2. The molecule has 2 aliphatic carbocycles. The van der Waals surface area contributed by atoms with Crippen LogP contribution in [0.5, 0.6) is 0 Å². The lowest BCUT2D eigenvalue weighted by molar-refractivity contribution is -0.229. The van der Waals surface area contributed by atoms with Crippen LogP contribution < -0.4 is 5.32 Å². The first-order valence-corrected chi connectivity index (χ1v) is 9.79. The Labute approximate surface area is 167 Å². The molecule has 0 bridgehead atoms. The van der Waals surface area contributed by atoms with Crippen molar-refractivity contribution in [3.63, 3.8) is 0 Å². The van der Waals surface area contributed by atoms with Crippen molar-refractivity contribution in [2.75, 3.05) is 5.32 Å². The molecule has 0 saturated heterocycles. The topological polar surface area (TPSA) is 139 Å². The molecule has 0 aliphatic heterocycles. The molecular weight excluding hydrogens is 378 g/mol. The summed E-state index contributed by atoms with van der Waals surface area (Å²) in [4.78, 5) is 35.9. The average molecular weight is 403 g/mol. The molecule has 3 N–H and O–H groups in total. The first-order chi connectivity index (χ1) is 13.7. The SMILES string of the molecule is CC(=O)Nc1ncnc2c1ncn2[C@H]1C[C@]2(O)CCCC[C@@]2(O)C[C@@H]1OC(C)=O. The molecule has 4 rings (SSSR count). The molecule has 2 aromatic heterocycles. The maximum atomic E-state index is 11.7. The van der Waals surface area contributed by atoms with Crippen LogP contribution in [0.15, 0.2) is 12.7 Å². The predicted octanol–water partition coefficient (Wildman–Crippen LogP) is 1.09. The summed E-state index contributed by atoms with van der Waals surface area (Å²) in [6, 6.07) is -0.465. The Morgan fingerprint density at radius 3 is 2.48 bits per heavy atom. The van der Waals surface area contributed by atoms with Crippen LogP contribution in [0.1, 0.15) is 58.4 Å². The third-order valence-electron chi connectivity index (χ3n) is 6.14. The highest BCUT2D eigenvalue weighted by Gasteiger charge is 2.58. The van der Waals surface area contributed by atoms with Gasteiger partial charge in [-0.05, 0) is 12.8 Å². The molecule has 10 nitrogen and oxygen atoms in total. The minimum Gasteiger partial charge on any atom is -0.460 e. The number of rotatable bonds is 3. The highest BCUT2D eigenvalue weighted by molar-refractivity contribution is 5.95. The lowest BCUT2D eigenvalue weighted by Gasteiger charge is -2.54. The van der Waals surface area contributed by atoms with Crippen molar-refractivity contribution in [2.45, 2.75) is 75.7 Å². The summed E-state index contributed by atoms with van der Waals surface area (Å²) in [5, 5.41) is 25.1. The van der Waals surface area contributed by atoms with Crippen LogP contribution >= 0.6 is 0 Å². The number of nitrogens with zero attached hydrogens (tertiary/aromatic N) is 4. The number of aromatic nitrogens is 4. The van der Waals surface area contributed by atoms with Crippen molar-refractivity contribution in [3.05, 3.63) is 12.7 Å². The highest BCUT2D eigenvalue weighted by atomic mass is 16.5. The van der Waals surface area contributed by atoms with E-state index in [9.17, 15) is 19.8 Å². The lowest BCUT2D eigenvalue weighted by Crippen LogP contribution is -2.63. The fourth-order valence-electron chi connectivity index (χ4n) is 4.79. The van der Waals surface area contributed by atoms with Crippen LogP contribution in [0.25, 0.3) is 11.2 Å². The zero-order chi connectivity index (χ0) is 20.8. The number of amides is 1. The van der Waals surface area contributed by atoms with E-state index in [-0.39, 0.29) is 24.6 Å². The molecule has 156 valence electrons. The van der Waals surface area contributed by atoms with E-state index < -0.39 is 29.3 Å². The summed E-state index contributed by atoms with van der Waals surface area (Å²) < 4.78 is 7.30. The Kier molecular flexibility index (Phi) is 4.78. The smallest absolute Gasteiger partial charge is 0.302 e. The van der Waals surface area contributed by atoms with Crippen LogP contribution in [-0.2, 0) is 14.3 Å². The van der Waals surface area contributed by atoms with E-state index >= 15 is 0 Å². The van der Waals surface area contributed by atoms with Gasteiger partial charge in [0.05, 0.1) is 23.6 Å². The summed E-state index contributed by atoms with van der Waals surface area (Å²) >= 11 is 0. The fourth-order valence-corrected chi connectivity index (χ4v) is 4.79. The van der Waals surface area contributed by atoms with Gasteiger partial charge in [0.25, 0.3) is 0 Å². The molecule has 29 heavy (non-hydrogen) atoms. The van der Waals surface area contributed by atoms with Gasteiger partial charge < -0.3 is 24.8 Å². The molecule has 0 unspecified atom stereocenters. The van der Waals surface area contributed by atoms with Gasteiger partial charge in [-0.25, -0.2) is 15.0 Å². The van der Waals surface area contributed by atoms with E-state index in [0.29, 0.717) is 24.0 Å². The predicted molar refractivity (Wildman–Crippen MR) is 102 cm³/mol. The molecular formula is C19H25N5O5. The minimum absolute atomic E-state index is 0.136. The summed E-state index contributed by atoms with van der Waals surface area (Å²) in [5.74, 6) is -0.451. The van der Waals surface area contributed by atoms with E-state index in [0.717, 1.165) is 12.8 Å². The normalized spacial score (nSPS) is 31.9. The molecule has 2 aromatic rings. The molecule has 0 spiro atoms. The van der Waals surface area contributed by atoms with Crippen molar-refractivity contribution in [3.8, 4) is 0 Å². The summed E-state index contributed by atoms with van der Waals surface area (Å²) in [5.41, 5.74) is -1.72. The third-order valence-corrected chi connectivity index (χ3v) is 6.14. The quantitative estimate of drug-likeness (QED) is 0.647. The monoisotopic (exact) mass is 403 g/mol. The Morgan fingerprint density at radius 2 is 1.83 bits per heavy atom. The van der Waals surface area contributed by atoms with E-state index in [2.05, 4.69) is 20.3 Å². The van der Waals surface area contributed by atoms with Crippen LogP contribution in [0, 0.1) is 0 Å². The molecule has 2 aliphatic rings. The molecule has 2 heterocycles. The molecule has 4 atom stereocenters. The molecule has 0 aromatic carbocycles. The van der Waals surface area contributed by atoms with E-state index in [4.69, 9.17) is 4.74 Å². The first kappa shape index (κ1) is 19.7. The van der Waals surface area contributed by atoms with E-state index in [1.165, 1.54) is 20.2 Å². The summed E-state index contributed by atoms with van der Waals surface area (Å²) in [6.07, 6.45) is 5.14. The number of ether oxygens (including phenoxy) is 1. The second-order valence-corrected chi connectivity index (χ2v) is 8.12. The maximum absolute atomic E-state index is 11.7. The molecule has 1 amide bonds. The molecule has 2 fully saturated rings.